The quantitative estimate of drug-likeness (QED) is 0.416. The Kier molecular flexibility index (Phi) is 9.15. The van der Waals surface area contributed by atoms with Gasteiger partial charge in [-0.2, -0.15) is 0 Å². The molecule has 0 aliphatic heterocycles. The molecule has 0 radical (unpaired) electrons. The van der Waals surface area contributed by atoms with Crippen molar-refractivity contribution in [2.75, 3.05) is 6.26 Å². The van der Waals surface area contributed by atoms with Gasteiger partial charge < -0.3 is 20.5 Å². The second kappa shape index (κ2) is 11.1. The van der Waals surface area contributed by atoms with E-state index < -0.39 is 46.3 Å². The number of sulfone groups is 1. The summed E-state index contributed by atoms with van der Waals surface area (Å²) in [5.41, 5.74) is 0.769. The molecule has 3 N–H and O–H groups in total. The first-order valence-corrected chi connectivity index (χ1v) is 10.6. The van der Waals surface area contributed by atoms with Crippen molar-refractivity contribution in [1.82, 2.24) is 10.6 Å². The molecule has 0 spiro atoms. The van der Waals surface area contributed by atoms with Crippen molar-refractivity contribution in [3.8, 4) is 11.2 Å². The number of carbonyl (C=O) groups excluding carboxylic acids is 2. The lowest BCUT2D eigenvalue weighted by molar-refractivity contribution is -0.137. The molecule has 0 heterocycles. The van der Waals surface area contributed by atoms with Crippen molar-refractivity contribution in [1.29, 1.82) is 0 Å². The Labute approximate surface area is 169 Å². The maximum absolute atomic E-state index is 12.5. The molecule has 2 atom stereocenters. The highest BCUT2D eigenvalue weighted by Gasteiger charge is 2.27. The van der Waals surface area contributed by atoms with E-state index >= 15 is 0 Å². The summed E-state index contributed by atoms with van der Waals surface area (Å²) in [5, 5.41) is 15.6. The molecule has 29 heavy (non-hydrogen) atoms. The normalized spacial score (nSPS) is 12.8. The summed E-state index contributed by atoms with van der Waals surface area (Å²) in [5.74, 6) is -0.105. The maximum atomic E-state index is 12.5. The first-order valence-electron chi connectivity index (χ1n) is 8.69. The number of aliphatic carboxylic acids is 1. The van der Waals surface area contributed by atoms with Gasteiger partial charge in [-0.25, -0.2) is 13.2 Å². The van der Waals surface area contributed by atoms with Gasteiger partial charge in [-0.1, -0.05) is 50.1 Å². The van der Waals surface area contributed by atoms with E-state index in [9.17, 15) is 22.8 Å². The molecular formula is C19H24N2O7S. The smallest absolute Gasteiger partial charge is 0.408 e. The van der Waals surface area contributed by atoms with Crippen molar-refractivity contribution in [3.63, 3.8) is 0 Å². The number of amides is 2. The highest BCUT2D eigenvalue weighted by atomic mass is 32.2. The summed E-state index contributed by atoms with van der Waals surface area (Å²) in [6.45, 7) is 3.37. The summed E-state index contributed by atoms with van der Waals surface area (Å²) in [6.07, 6.45) is -0.557. The second-order valence-electron chi connectivity index (χ2n) is 6.61. The summed E-state index contributed by atoms with van der Waals surface area (Å²) < 4.78 is 27.4. The number of ether oxygens (including phenoxy) is 1. The van der Waals surface area contributed by atoms with E-state index in [-0.39, 0.29) is 12.5 Å². The Morgan fingerprint density at radius 3 is 2.28 bits per heavy atom. The number of alkyl carbamates (subject to hydrolysis) is 1. The molecule has 9 nitrogen and oxygen atoms in total. The number of carboxylic acids is 1. The van der Waals surface area contributed by atoms with Crippen LogP contribution in [0.15, 0.2) is 30.3 Å². The van der Waals surface area contributed by atoms with E-state index in [4.69, 9.17) is 9.84 Å². The van der Waals surface area contributed by atoms with Gasteiger partial charge in [-0.15, -0.1) is 0 Å². The highest BCUT2D eigenvalue weighted by Crippen LogP contribution is 2.06. The van der Waals surface area contributed by atoms with Gasteiger partial charge in [0.25, 0.3) is 0 Å². The van der Waals surface area contributed by atoms with Crippen LogP contribution in [-0.2, 0) is 30.8 Å². The van der Waals surface area contributed by atoms with Crippen molar-refractivity contribution in [3.05, 3.63) is 35.9 Å². The first-order chi connectivity index (χ1) is 13.5. The zero-order valence-electron chi connectivity index (χ0n) is 16.3. The predicted octanol–water partition coefficient (Wildman–Crippen LogP) is 0.902. The number of benzene rings is 1. The van der Waals surface area contributed by atoms with Gasteiger partial charge in [-0.3, -0.25) is 9.59 Å². The van der Waals surface area contributed by atoms with Crippen molar-refractivity contribution < 1.29 is 32.6 Å². The third-order valence-electron chi connectivity index (χ3n) is 3.55. The molecule has 0 bridgehead atoms. The van der Waals surface area contributed by atoms with Crippen LogP contribution in [0.2, 0.25) is 0 Å². The van der Waals surface area contributed by atoms with Crippen molar-refractivity contribution in [2.24, 2.45) is 5.92 Å². The average molecular weight is 424 g/mol. The highest BCUT2D eigenvalue weighted by molar-refractivity contribution is 7.95. The van der Waals surface area contributed by atoms with Gasteiger partial charge in [0.15, 0.2) is 0 Å². The fourth-order valence-corrected chi connectivity index (χ4v) is 2.54. The minimum Gasteiger partial charge on any atom is -0.481 e. The lowest BCUT2D eigenvalue weighted by Crippen LogP contribution is -2.52. The average Bonchev–Trinajstić information content (AvgIpc) is 2.62. The lowest BCUT2D eigenvalue weighted by atomic mass is 10.0. The molecular weight excluding hydrogens is 400 g/mol. The van der Waals surface area contributed by atoms with Gasteiger partial charge in [0.1, 0.15) is 18.7 Å². The number of hydrogen-bond acceptors (Lipinski definition) is 6. The number of carbonyl (C=O) groups is 3. The Morgan fingerprint density at radius 1 is 1.14 bits per heavy atom. The van der Waals surface area contributed by atoms with E-state index in [1.54, 1.807) is 38.1 Å². The summed E-state index contributed by atoms with van der Waals surface area (Å²) in [4.78, 5) is 35.5. The van der Waals surface area contributed by atoms with Gasteiger partial charge in [0.2, 0.25) is 15.7 Å². The van der Waals surface area contributed by atoms with Crippen LogP contribution in [-0.4, -0.2) is 49.8 Å². The van der Waals surface area contributed by atoms with E-state index in [1.165, 1.54) is 0 Å². The first kappa shape index (κ1) is 24.0. The van der Waals surface area contributed by atoms with Gasteiger partial charge in [-0.05, 0) is 11.5 Å². The van der Waals surface area contributed by atoms with E-state index in [0.717, 1.165) is 11.8 Å². The minimum atomic E-state index is -3.68. The number of rotatable bonds is 8. The van der Waals surface area contributed by atoms with Crippen LogP contribution in [0.4, 0.5) is 4.79 Å². The fraction of sp³-hybridized carbons (Fsp3) is 0.421. The van der Waals surface area contributed by atoms with Gasteiger partial charge >= 0.3 is 12.1 Å². The molecule has 158 valence electrons. The largest absolute Gasteiger partial charge is 0.481 e. The molecule has 0 saturated carbocycles. The van der Waals surface area contributed by atoms with Crippen LogP contribution >= 0.6 is 0 Å². The van der Waals surface area contributed by atoms with Crippen molar-refractivity contribution >= 4 is 27.8 Å². The zero-order chi connectivity index (χ0) is 22.0. The van der Waals surface area contributed by atoms with Gasteiger partial charge in [0, 0.05) is 5.25 Å². The predicted molar refractivity (Wildman–Crippen MR) is 105 cm³/mol. The van der Waals surface area contributed by atoms with Crippen LogP contribution < -0.4 is 10.6 Å². The molecule has 0 aliphatic carbocycles. The SMILES string of the molecule is CC(C)C(NC(=O)OCc1ccccc1)C(=O)N[C@H](C#CS(C)(=O)=O)CC(=O)O. The third kappa shape index (κ3) is 10.2. The molecule has 0 aliphatic rings. The summed E-state index contributed by atoms with van der Waals surface area (Å²) in [7, 11) is -3.68. The van der Waals surface area contributed by atoms with E-state index in [2.05, 4.69) is 16.6 Å². The molecule has 1 unspecified atom stereocenters. The Bertz CT molecular complexity index is 886. The van der Waals surface area contributed by atoms with Crippen LogP contribution in [0.1, 0.15) is 25.8 Å². The molecule has 10 heteroatoms. The zero-order valence-corrected chi connectivity index (χ0v) is 17.2. The molecule has 1 aromatic carbocycles. The van der Waals surface area contributed by atoms with Crippen LogP contribution in [0.25, 0.3) is 0 Å². The Hall–Kier alpha value is -3.06. The lowest BCUT2D eigenvalue weighted by Gasteiger charge is -2.23. The van der Waals surface area contributed by atoms with Crippen molar-refractivity contribution in [2.45, 2.75) is 39.0 Å². The molecule has 0 aromatic heterocycles. The minimum absolute atomic E-state index is 0.0145. The molecule has 0 fully saturated rings. The standard InChI is InChI=1S/C19H24N2O7S/c1-13(2)17(21-19(25)28-12-14-7-5-4-6-8-14)18(24)20-15(11-16(22)23)9-10-29(3,26)27/h4-8,13,15,17H,11-12H2,1-3H3,(H,20,24)(H,21,25)(H,22,23)/t15-,17?/m1/s1. The van der Waals surface area contributed by atoms with Gasteiger partial charge in [0.05, 0.1) is 12.7 Å². The van der Waals surface area contributed by atoms with E-state index in [1.807, 2.05) is 11.3 Å². The fourth-order valence-electron chi connectivity index (χ4n) is 2.18. The second-order valence-corrected chi connectivity index (χ2v) is 8.35. The Balaban J connectivity index is 2.78. The summed E-state index contributed by atoms with van der Waals surface area (Å²) in [6, 6.07) is 6.69. The van der Waals surface area contributed by atoms with Crippen LogP contribution in [0.5, 0.6) is 0 Å². The van der Waals surface area contributed by atoms with Crippen LogP contribution in [0, 0.1) is 17.1 Å². The third-order valence-corrected chi connectivity index (χ3v) is 4.04. The maximum Gasteiger partial charge on any atom is 0.408 e. The van der Waals surface area contributed by atoms with E-state index in [0.29, 0.717) is 0 Å². The van der Waals surface area contributed by atoms with Crippen LogP contribution in [0.3, 0.4) is 0 Å². The monoisotopic (exact) mass is 424 g/mol. The molecule has 2 amide bonds. The molecule has 1 aromatic rings. The number of nitrogens with one attached hydrogen (secondary N) is 2. The Morgan fingerprint density at radius 2 is 1.76 bits per heavy atom. The summed E-state index contributed by atoms with van der Waals surface area (Å²) >= 11 is 0. The number of hydrogen-bond donors (Lipinski definition) is 3. The molecule has 1 rings (SSSR count). The number of carboxylic acid groups (broad SMARTS) is 1. The topological polar surface area (TPSA) is 139 Å². The molecule has 0 saturated heterocycles.